The van der Waals surface area contributed by atoms with E-state index in [9.17, 15) is 0 Å². The average molecular weight is 316 g/mol. The Balaban J connectivity index is 2.07. The molecule has 0 spiro atoms. The minimum absolute atomic E-state index is 0.0450. The van der Waals surface area contributed by atoms with Crippen LogP contribution in [0.4, 0.5) is 0 Å². The highest BCUT2D eigenvalue weighted by Crippen LogP contribution is 2.36. The number of halogens is 1. The van der Waals surface area contributed by atoms with E-state index in [1.165, 1.54) is 12.8 Å². The minimum Gasteiger partial charge on any atom is -0.377 e. The minimum atomic E-state index is 0.0450. The summed E-state index contributed by atoms with van der Waals surface area (Å²) in [6, 6.07) is 0.0450. The molecule has 2 rings (SSSR count). The number of nitrogens with two attached hydrogens (primary N) is 1. The van der Waals surface area contributed by atoms with Gasteiger partial charge in [0.05, 0.1) is 22.0 Å². The van der Waals surface area contributed by atoms with Crippen molar-refractivity contribution in [3.05, 3.63) is 15.9 Å². The molecule has 5 heteroatoms. The molecule has 4 nitrogen and oxygen atoms in total. The molecule has 1 aromatic heterocycles. The third-order valence-corrected chi connectivity index (χ3v) is 4.59. The first-order valence-electron chi connectivity index (χ1n) is 6.59. The fourth-order valence-corrected chi connectivity index (χ4v) is 2.97. The first kappa shape index (κ1) is 14.0. The molecular formula is C13H22BrN3O. The van der Waals surface area contributed by atoms with Gasteiger partial charge in [-0.3, -0.25) is 4.68 Å². The maximum absolute atomic E-state index is 6.34. The Kier molecular flexibility index (Phi) is 4.45. The van der Waals surface area contributed by atoms with Crippen LogP contribution in [0.2, 0.25) is 0 Å². The van der Waals surface area contributed by atoms with Crippen molar-refractivity contribution in [2.75, 3.05) is 6.61 Å². The number of ether oxygens (including phenoxy) is 1. The van der Waals surface area contributed by atoms with Gasteiger partial charge in [-0.05, 0) is 48.5 Å². The summed E-state index contributed by atoms with van der Waals surface area (Å²) in [7, 11) is 1.96. The lowest BCUT2D eigenvalue weighted by Gasteiger charge is -2.23. The summed E-state index contributed by atoms with van der Waals surface area (Å²) in [5.74, 6) is 0.660. The van der Waals surface area contributed by atoms with Crippen LogP contribution in [-0.2, 0) is 18.2 Å². The lowest BCUT2D eigenvalue weighted by atomic mass is 10.0. The third-order valence-electron chi connectivity index (χ3n) is 3.56. The maximum atomic E-state index is 6.34. The van der Waals surface area contributed by atoms with Crippen LogP contribution in [0.25, 0.3) is 0 Å². The van der Waals surface area contributed by atoms with Crippen LogP contribution >= 0.6 is 15.9 Å². The smallest absolute Gasteiger partial charge is 0.0757 e. The zero-order valence-electron chi connectivity index (χ0n) is 11.3. The fraction of sp³-hybridized carbons (Fsp3) is 0.769. The van der Waals surface area contributed by atoms with Crippen LogP contribution in [0.15, 0.2) is 4.47 Å². The summed E-state index contributed by atoms with van der Waals surface area (Å²) in [4.78, 5) is 0. The van der Waals surface area contributed by atoms with Gasteiger partial charge < -0.3 is 10.5 Å². The predicted molar refractivity (Wildman–Crippen MR) is 75.5 cm³/mol. The zero-order chi connectivity index (χ0) is 13.3. The van der Waals surface area contributed by atoms with Crippen molar-refractivity contribution < 1.29 is 4.74 Å². The van der Waals surface area contributed by atoms with E-state index in [4.69, 9.17) is 10.5 Å². The second-order valence-corrected chi connectivity index (χ2v) is 5.89. The van der Waals surface area contributed by atoms with E-state index in [0.717, 1.165) is 28.9 Å². The van der Waals surface area contributed by atoms with E-state index in [-0.39, 0.29) is 12.1 Å². The van der Waals surface area contributed by atoms with Crippen molar-refractivity contribution in [3.63, 3.8) is 0 Å². The molecule has 0 amide bonds. The summed E-state index contributed by atoms with van der Waals surface area (Å²) in [6.07, 6.45) is 3.50. The molecule has 1 saturated carbocycles. The van der Waals surface area contributed by atoms with Gasteiger partial charge in [0.1, 0.15) is 0 Å². The molecule has 1 fully saturated rings. The van der Waals surface area contributed by atoms with Gasteiger partial charge in [-0.25, -0.2) is 0 Å². The topological polar surface area (TPSA) is 53.1 Å². The second kappa shape index (κ2) is 5.72. The molecule has 0 saturated heterocycles. The molecule has 2 atom stereocenters. The molecule has 0 aliphatic heterocycles. The van der Waals surface area contributed by atoms with Gasteiger partial charge in [-0.15, -0.1) is 0 Å². The monoisotopic (exact) mass is 315 g/mol. The van der Waals surface area contributed by atoms with Crippen LogP contribution in [-0.4, -0.2) is 28.5 Å². The third kappa shape index (κ3) is 2.95. The number of aromatic nitrogens is 2. The standard InChI is InChI=1S/C13H22BrN3O/c1-4-18-13(9-5-6-9)10(15)7-11-12(14)8(2)16-17(11)3/h9-10,13H,4-7,15H2,1-3H3. The molecule has 1 aliphatic rings. The Morgan fingerprint density at radius 2 is 2.22 bits per heavy atom. The van der Waals surface area contributed by atoms with Crippen LogP contribution < -0.4 is 5.73 Å². The van der Waals surface area contributed by atoms with Crippen molar-refractivity contribution in [2.45, 2.75) is 45.3 Å². The van der Waals surface area contributed by atoms with Gasteiger partial charge in [0.2, 0.25) is 0 Å². The molecule has 0 aromatic carbocycles. The van der Waals surface area contributed by atoms with E-state index < -0.39 is 0 Å². The number of nitrogens with zero attached hydrogens (tertiary/aromatic N) is 2. The van der Waals surface area contributed by atoms with Crippen molar-refractivity contribution in [3.8, 4) is 0 Å². The van der Waals surface area contributed by atoms with Crippen LogP contribution in [0.3, 0.4) is 0 Å². The van der Waals surface area contributed by atoms with E-state index in [2.05, 4.69) is 21.0 Å². The van der Waals surface area contributed by atoms with Gasteiger partial charge >= 0.3 is 0 Å². The van der Waals surface area contributed by atoms with Crippen molar-refractivity contribution in [2.24, 2.45) is 18.7 Å². The lowest BCUT2D eigenvalue weighted by Crippen LogP contribution is -2.40. The van der Waals surface area contributed by atoms with Gasteiger partial charge in [-0.1, -0.05) is 0 Å². The van der Waals surface area contributed by atoms with E-state index in [1.54, 1.807) is 0 Å². The molecule has 2 unspecified atom stereocenters. The Hall–Kier alpha value is -0.390. The molecule has 1 aromatic rings. The molecule has 102 valence electrons. The van der Waals surface area contributed by atoms with Gasteiger partial charge in [0.25, 0.3) is 0 Å². The van der Waals surface area contributed by atoms with E-state index >= 15 is 0 Å². The SMILES string of the molecule is CCOC(C(N)Cc1c(Br)c(C)nn1C)C1CC1. The Labute approximate surface area is 117 Å². The highest BCUT2D eigenvalue weighted by atomic mass is 79.9. The Morgan fingerprint density at radius 1 is 1.56 bits per heavy atom. The number of rotatable bonds is 6. The number of hydrogen-bond donors (Lipinski definition) is 1. The maximum Gasteiger partial charge on any atom is 0.0757 e. The van der Waals surface area contributed by atoms with Gasteiger partial charge in [0, 0.05) is 26.1 Å². The van der Waals surface area contributed by atoms with Crippen molar-refractivity contribution in [1.29, 1.82) is 0 Å². The first-order valence-corrected chi connectivity index (χ1v) is 7.39. The summed E-state index contributed by atoms with van der Waals surface area (Å²) >= 11 is 3.59. The molecule has 18 heavy (non-hydrogen) atoms. The lowest BCUT2D eigenvalue weighted by molar-refractivity contribution is 0.0284. The van der Waals surface area contributed by atoms with Crippen LogP contribution in [0.5, 0.6) is 0 Å². The van der Waals surface area contributed by atoms with Crippen LogP contribution in [0.1, 0.15) is 31.2 Å². The molecule has 0 bridgehead atoms. The molecule has 1 heterocycles. The summed E-state index contributed by atoms with van der Waals surface area (Å²) < 4.78 is 8.80. The zero-order valence-corrected chi connectivity index (χ0v) is 12.9. The van der Waals surface area contributed by atoms with Gasteiger partial charge in [-0.2, -0.15) is 5.10 Å². The summed E-state index contributed by atoms with van der Waals surface area (Å²) in [5, 5.41) is 4.40. The summed E-state index contributed by atoms with van der Waals surface area (Å²) in [5.41, 5.74) is 8.51. The Morgan fingerprint density at radius 3 is 2.67 bits per heavy atom. The van der Waals surface area contributed by atoms with Crippen molar-refractivity contribution >= 4 is 15.9 Å². The normalized spacial score (nSPS) is 18.9. The highest BCUT2D eigenvalue weighted by Gasteiger charge is 2.36. The quantitative estimate of drug-likeness (QED) is 0.875. The van der Waals surface area contributed by atoms with Crippen LogP contribution in [0, 0.1) is 12.8 Å². The first-order chi connectivity index (χ1) is 8.54. The van der Waals surface area contributed by atoms with Gasteiger partial charge in [0.15, 0.2) is 0 Å². The van der Waals surface area contributed by atoms with E-state index in [1.807, 2.05) is 25.6 Å². The largest absolute Gasteiger partial charge is 0.377 e. The molecule has 1 aliphatic carbocycles. The molecule has 0 radical (unpaired) electrons. The van der Waals surface area contributed by atoms with Crippen molar-refractivity contribution in [1.82, 2.24) is 9.78 Å². The Bertz CT molecular complexity index is 415. The number of aryl methyl sites for hydroxylation is 2. The fourth-order valence-electron chi connectivity index (χ4n) is 2.47. The molecule has 2 N–H and O–H groups in total. The number of hydrogen-bond acceptors (Lipinski definition) is 3. The highest BCUT2D eigenvalue weighted by molar-refractivity contribution is 9.10. The molecular weight excluding hydrogens is 294 g/mol. The average Bonchev–Trinajstić information content (AvgIpc) is 3.12. The predicted octanol–water partition coefficient (Wildman–Crippen LogP) is 2.18. The van der Waals surface area contributed by atoms with E-state index in [0.29, 0.717) is 5.92 Å². The second-order valence-electron chi connectivity index (χ2n) is 5.10. The summed E-state index contributed by atoms with van der Waals surface area (Å²) in [6.45, 7) is 4.77.